The van der Waals surface area contributed by atoms with Gasteiger partial charge in [-0.2, -0.15) is 0 Å². The predicted molar refractivity (Wildman–Crippen MR) is 89.7 cm³/mol. The van der Waals surface area contributed by atoms with Gasteiger partial charge in [0.25, 0.3) is 0 Å². The standard InChI is InChI=1S/C16H12N2O10/c1-27-7-3-5(15(21)22)9-11(13(7)19)17(25)10-6(16(23)24)4-8(28-2)14(20)12(10)18(9)26/h3-4,19-20H,1-2H3,(H,21,22)(H,23,24). The van der Waals surface area contributed by atoms with Gasteiger partial charge >= 0.3 is 34.0 Å². The number of carboxylic acids is 2. The molecule has 1 aromatic heterocycles. The molecule has 12 nitrogen and oxygen atoms in total. The monoisotopic (exact) mass is 392 g/mol. The average Bonchev–Trinajstić information content (AvgIpc) is 2.64. The minimum atomic E-state index is -1.63. The van der Waals surface area contributed by atoms with Crippen LogP contribution in [0.4, 0.5) is 0 Å². The third-order valence-corrected chi connectivity index (χ3v) is 4.14. The molecule has 0 unspecified atom stereocenters. The lowest BCUT2D eigenvalue weighted by atomic mass is 10.1. The molecule has 0 bridgehead atoms. The fraction of sp³-hybridized carbons (Fsp3) is 0.125. The molecule has 0 aliphatic carbocycles. The fourth-order valence-electron chi connectivity index (χ4n) is 2.91. The first-order valence-corrected chi connectivity index (χ1v) is 7.44. The molecule has 4 N–H and O–H groups in total. The number of ether oxygens (including phenoxy) is 2. The van der Waals surface area contributed by atoms with Crippen molar-refractivity contribution in [2.75, 3.05) is 14.2 Å². The summed E-state index contributed by atoms with van der Waals surface area (Å²) in [6.45, 7) is 0. The van der Waals surface area contributed by atoms with Gasteiger partial charge in [0.05, 0.1) is 14.2 Å². The maximum Gasteiger partial charge on any atom is 0.342 e. The zero-order chi connectivity index (χ0) is 20.9. The first kappa shape index (κ1) is 18.6. The summed E-state index contributed by atoms with van der Waals surface area (Å²) in [4.78, 5) is 23.2. The maximum atomic E-state index is 12.9. The minimum absolute atomic E-state index is 0.147. The van der Waals surface area contributed by atoms with Gasteiger partial charge in [0.2, 0.25) is 11.5 Å². The second kappa shape index (κ2) is 6.19. The predicted octanol–water partition coefficient (Wildman–Crippen LogP) is 0.0846. The van der Waals surface area contributed by atoms with E-state index >= 15 is 0 Å². The van der Waals surface area contributed by atoms with Crippen molar-refractivity contribution in [3.8, 4) is 23.0 Å². The van der Waals surface area contributed by atoms with Crippen molar-refractivity contribution in [2.45, 2.75) is 0 Å². The zero-order valence-corrected chi connectivity index (χ0v) is 14.3. The number of aromatic nitrogens is 2. The zero-order valence-electron chi connectivity index (χ0n) is 14.3. The Labute approximate surface area is 154 Å². The largest absolute Gasteiger partial charge is 0.617 e. The van der Waals surface area contributed by atoms with Crippen molar-refractivity contribution < 1.29 is 48.9 Å². The molecular weight excluding hydrogens is 380 g/mol. The first-order chi connectivity index (χ1) is 13.1. The molecular formula is C16H12N2O10. The number of hydrogen-bond donors (Lipinski definition) is 4. The number of aromatic carboxylic acids is 2. The molecule has 3 aromatic rings. The van der Waals surface area contributed by atoms with Gasteiger partial charge in [-0.05, 0) is 0 Å². The Morgan fingerprint density at radius 1 is 0.786 bits per heavy atom. The molecule has 0 atom stereocenters. The van der Waals surface area contributed by atoms with Crippen LogP contribution in [-0.2, 0) is 0 Å². The van der Waals surface area contributed by atoms with E-state index < -0.39 is 68.1 Å². The van der Waals surface area contributed by atoms with Crippen molar-refractivity contribution in [1.82, 2.24) is 0 Å². The molecule has 28 heavy (non-hydrogen) atoms. The number of carbonyl (C=O) groups is 2. The maximum absolute atomic E-state index is 12.9. The van der Waals surface area contributed by atoms with Gasteiger partial charge in [0.1, 0.15) is 11.1 Å². The minimum Gasteiger partial charge on any atom is -0.617 e. The first-order valence-electron chi connectivity index (χ1n) is 7.44. The molecule has 2 aromatic carbocycles. The van der Waals surface area contributed by atoms with Gasteiger partial charge in [0, 0.05) is 12.1 Å². The Kier molecular flexibility index (Phi) is 4.11. The van der Waals surface area contributed by atoms with Gasteiger partial charge in [0.15, 0.2) is 11.5 Å². The Hall–Kier alpha value is -4.22. The third-order valence-electron chi connectivity index (χ3n) is 4.14. The molecule has 3 rings (SSSR count). The third kappa shape index (κ3) is 2.31. The van der Waals surface area contributed by atoms with Crippen molar-refractivity contribution in [2.24, 2.45) is 0 Å². The summed E-state index contributed by atoms with van der Waals surface area (Å²) >= 11 is 0. The van der Waals surface area contributed by atoms with E-state index in [1.807, 2.05) is 0 Å². The van der Waals surface area contributed by atoms with E-state index in [-0.39, 0.29) is 9.46 Å². The summed E-state index contributed by atoms with van der Waals surface area (Å²) in [6, 6.07) is 1.63. The molecule has 146 valence electrons. The van der Waals surface area contributed by atoms with Crippen LogP contribution in [0.2, 0.25) is 0 Å². The summed E-state index contributed by atoms with van der Waals surface area (Å²) in [5.41, 5.74) is -4.74. The molecule has 0 fully saturated rings. The van der Waals surface area contributed by atoms with E-state index in [1.165, 1.54) is 0 Å². The van der Waals surface area contributed by atoms with Crippen LogP contribution in [0.1, 0.15) is 20.7 Å². The van der Waals surface area contributed by atoms with E-state index in [4.69, 9.17) is 9.47 Å². The summed E-state index contributed by atoms with van der Waals surface area (Å²) in [6.07, 6.45) is 0. The van der Waals surface area contributed by atoms with Crippen LogP contribution in [0.15, 0.2) is 12.1 Å². The second-order valence-corrected chi connectivity index (χ2v) is 5.54. The van der Waals surface area contributed by atoms with Crippen LogP contribution < -0.4 is 18.9 Å². The number of methoxy groups -OCH3 is 2. The molecule has 0 amide bonds. The Balaban J connectivity index is 2.78. The smallest absolute Gasteiger partial charge is 0.342 e. The second-order valence-electron chi connectivity index (χ2n) is 5.54. The van der Waals surface area contributed by atoms with Crippen LogP contribution in [0.3, 0.4) is 0 Å². The lowest BCUT2D eigenvalue weighted by molar-refractivity contribution is -0.591. The van der Waals surface area contributed by atoms with Gasteiger partial charge in [-0.1, -0.05) is 0 Å². The molecule has 0 aliphatic heterocycles. The van der Waals surface area contributed by atoms with Gasteiger partial charge in [-0.15, -0.1) is 9.46 Å². The summed E-state index contributed by atoms with van der Waals surface area (Å²) in [5.74, 6) is -5.88. The quantitative estimate of drug-likeness (QED) is 0.269. The lowest BCUT2D eigenvalue weighted by Crippen LogP contribution is -2.41. The molecule has 0 saturated carbocycles. The van der Waals surface area contributed by atoms with E-state index in [2.05, 4.69) is 0 Å². The number of nitrogens with zero attached hydrogens (tertiary/aromatic N) is 2. The highest BCUT2D eigenvalue weighted by Gasteiger charge is 2.38. The van der Waals surface area contributed by atoms with Crippen molar-refractivity contribution >= 4 is 34.0 Å². The normalized spacial score (nSPS) is 10.9. The molecule has 12 heteroatoms. The molecule has 0 radical (unpaired) electrons. The Morgan fingerprint density at radius 3 is 1.36 bits per heavy atom. The van der Waals surface area contributed by atoms with Crippen LogP contribution in [0, 0.1) is 10.4 Å². The Bertz CT molecular complexity index is 1090. The molecule has 0 spiro atoms. The van der Waals surface area contributed by atoms with E-state index in [0.717, 1.165) is 26.4 Å². The fourth-order valence-corrected chi connectivity index (χ4v) is 2.91. The van der Waals surface area contributed by atoms with Crippen LogP contribution in [0.25, 0.3) is 22.1 Å². The number of carboxylic acid groups (broad SMARTS) is 2. The number of hydrogen-bond acceptors (Lipinski definition) is 8. The molecule has 0 saturated heterocycles. The van der Waals surface area contributed by atoms with Crippen LogP contribution in [0.5, 0.6) is 23.0 Å². The van der Waals surface area contributed by atoms with E-state index in [1.54, 1.807) is 0 Å². The Morgan fingerprint density at radius 2 is 1.11 bits per heavy atom. The number of aromatic hydroxyl groups is 2. The van der Waals surface area contributed by atoms with Gasteiger partial charge in [-0.25, -0.2) is 9.59 Å². The molecule has 1 heterocycles. The number of phenols is 2. The SMILES string of the molecule is COc1cc(C(=O)O)c2c(c1O)[n+]([O-])c1c(C(=O)O)cc(OC)c(O)c1[n+]2[O-]. The topological polar surface area (TPSA) is 187 Å². The number of rotatable bonds is 4. The van der Waals surface area contributed by atoms with Gasteiger partial charge in [-0.3, -0.25) is 0 Å². The van der Waals surface area contributed by atoms with E-state index in [9.17, 15) is 40.4 Å². The lowest BCUT2D eigenvalue weighted by Gasteiger charge is -2.14. The average molecular weight is 392 g/mol. The summed E-state index contributed by atoms with van der Waals surface area (Å²) < 4.78 is 9.36. The highest BCUT2D eigenvalue weighted by molar-refractivity contribution is 6.05. The molecule has 0 aliphatic rings. The summed E-state index contributed by atoms with van der Waals surface area (Å²) in [5, 5.41) is 65.3. The van der Waals surface area contributed by atoms with Gasteiger partial charge < -0.3 is 40.3 Å². The van der Waals surface area contributed by atoms with Crippen molar-refractivity contribution in [3.63, 3.8) is 0 Å². The highest BCUT2D eigenvalue weighted by atomic mass is 16.5. The number of benzene rings is 2. The van der Waals surface area contributed by atoms with E-state index in [0.29, 0.717) is 0 Å². The summed E-state index contributed by atoms with van der Waals surface area (Å²) in [7, 11) is 2.18. The number of phenolic OH excluding ortho intramolecular Hbond substituents is 2. The number of fused-ring (bicyclic) bond motifs is 2. The van der Waals surface area contributed by atoms with Crippen LogP contribution in [-0.4, -0.2) is 46.6 Å². The van der Waals surface area contributed by atoms with Crippen molar-refractivity contribution in [3.05, 3.63) is 33.7 Å². The highest BCUT2D eigenvalue weighted by Crippen LogP contribution is 2.38. The van der Waals surface area contributed by atoms with Crippen LogP contribution >= 0.6 is 0 Å². The van der Waals surface area contributed by atoms with Crippen molar-refractivity contribution in [1.29, 1.82) is 0 Å².